The monoisotopic (exact) mass is 739 g/mol. The van der Waals surface area contributed by atoms with Crippen LogP contribution in [0.5, 0.6) is 5.75 Å². The van der Waals surface area contributed by atoms with Crippen LogP contribution in [0.3, 0.4) is 0 Å². The van der Waals surface area contributed by atoms with Crippen LogP contribution in [0.2, 0.25) is 0 Å². The minimum atomic E-state index is -0.994. The zero-order valence-corrected chi connectivity index (χ0v) is 30.8. The summed E-state index contributed by atoms with van der Waals surface area (Å²) in [7, 11) is 0. The van der Waals surface area contributed by atoms with Gasteiger partial charge in [-0.15, -0.1) is 0 Å². The van der Waals surface area contributed by atoms with Crippen molar-refractivity contribution in [2.24, 2.45) is 11.8 Å². The molecule has 54 heavy (non-hydrogen) atoms. The fourth-order valence-corrected chi connectivity index (χ4v) is 6.91. The summed E-state index contributed by atoms with van der Waals surface area (Å²) < 4.78 is 16.9. The number of aliphatic hydroxyl groups is 1. The normalized spacial score (nSPS) is 20.3. The number of allylic oxidation sites excluding steroid dienone is 1. The first kappa shape index (κ1) is 40.0. The second-order valence-electron chi connectivity index (χ2n) is 14.2. The Morgan fingerprint density at radius 2 is 1.50 bits per heavy atom. The number of hydrogen-bond acceptors (Lipinski definition) is 8. The molecule has 1 saturated carbocycles. The van der Waals surface area contributed by atoms with E-state index >= 15 is 0 Å². The molecule has 5 rings (SSSR count). The van der Waals surface area contributed by atoms with Crippen LogP contribution in [0.1, 0.15) is 74.5 Å². The lowest BCUT2D eigenvalue weighted by Gasteiger charge is -2.29. The summed E-state index contributed by atoms with van der Waals surface area (Å²) in [5.74, 6) is -0.858. The SMILES string of the molecule is O=C(CC1CC=CCC(NC(=O)OCc2ccccc2)C(=O)OCC(CC2CCCCC2)NC1=O)NC(CO)Cc1ccc(OCc2ccccc2)cc1. The number of ether oxygens (including phenoxy) is 3. The van der Waals surface area contributed by atoms with Crippen LogP contribution >= 0.6 is 0 Å². The molecular formula is C43H53N3O8. The van der Waals surface area contributed by atoms with Crippen LogP contribution in [0.4, 0.5) is 4.79 Å². The van der Waals surface area contributed by atoms with Crippen molar-refractivity contribution in [2.45, 2.75) is 95.5 Å². The third-order valence-electron chi connectivity index (χ3n) is 9.91. The summed E-state index contributed by atoms with van der Waals surface area (Å²) in [6.07, 6.45) is 9.52. The highest BCUT2D eigenvalue weighted by Crippen LogP contribution is 2.28. The molecule has 0 radical (unpaired) electrons. The van der Waals surface area contributed by atoms with Gasteiger partial charge in [0.15, 0.2) is 0 Å². The highest BCUT2D eigenvalue weighted by molar-refractivity contribution is 5.86. The predicted molar refractivity (Wildman–Crippen MR) is 204 cm³/mol. The molecule has 1 fully saturated rings. The van der Waals surface area contributed by atoms with Crippen molar-refractivity contribution in [3.05, 3.63) is 114 Å². The fourth-order valence-electron chi connectivity index (χ4n) is 6.91. The average Bonchev–Trinajstić information content (AvgIpc) is 3.19. The van der Waals surface area contributed by atoms with E-state index in [2.05, 4.69) is 16.0 Å². The van der Waals surface area contributed by atoms with Crippen LogP contribution in [-0.2, 0) is 43.5 Å². The Hall–Kier alpha value is -5.16. The first-order valence-corrected chi connectivity index (χ1v) is 19.1. The maximum atomic E-state index is 13.7. The highest BCUT2D eigenvalue weighted by Gasteiger charge is 2.29. The third-order valence-corrected chi connectivity index (χ3v) is 9.91. The van der Waals surface area contributed by atoms with Crippen LogP contribution < -0.4 is 20.7 Å². The number of nitrogens with one attached hydrogen (secondary N) is 3. The molecule has 0 bridgehead atoms. The van der Waals surface area contributed by atoms with Gasteiger partial charge in [-0.2, -0.15) is 0 Å². The summed E-state index contributed by atoms with van der Waals surface area (Å²) in [6, 6.07) is 24.7. The summed E-state index contributed by atoms with van der Waals surface area (Å²) in [5, 5.41) is 18.8. The molecule has 0 saturated heterocycles. The van der Waals surface area contributed by atoms with Crippen LogP contribution in [0.15, 0.2) is 97.1 Å². The average molecular weight is 740 g/mol. The molecule has 2 aliphatic rings. The molecule has 11 heteroatoms. The van der Waals surface area contributed by atoms with Gasteiger partial charge in [0.1, 0.15) is 31.6 Å². The molecule has 3 aromatic rings. The predicted octanol–water partition coefficient (Wildman–Crippen LogP) is 5.93. The number of esters is 1. The Balaban J connectivity index is 1.19. The van der Waals surface area contributed by atoms with E-state index < -0.39 is 36.1 Å². The molecule has 11 nitrogen and oxygen atoms in total. The van der Waals surface area contributed by atoms with Crippen LogP contribution in [-0.4, -0.2) is 60.3 Å². The number of hydrogen-bond donors (Lipinski definition) is 4. The number of cyclic esters (lactones) is 1. The Kier molecular flexibility index (Phi) is 16.0. The number of carbonyl (C=O) groups excluding carboxylic acids is 4. The van der Waals surface area contributed by atoms with Crippen molar-refractivity contribution >= 4 is 23.9 Å². The largest absolute Gasteiger partial charge is 0.489 e. The summed E-state index contributed by atoms with van der Waals surface area (Å²) in [6.45, 7) is 0.180. The van der Waals surface area contributed by atoms with Gasteiger partial charge in [-0.1, -0.05) is 117 Å². The maximum Gasteiger partial charge on any atom is 0.408 e. The fraction of sp³-hybridized carbons (Fsp3) is 0.442. The molecule has 3 amide bonds. The first-order chi connectivity index (χ1) is 26.3. The van der Waals surface area contributed by atoms with Crippen molar-refractivity contribution in [3.63, 3.8) is 0 Å². The molecule has 4 atom stereocenters. The van der Waals surface area contributed by atoms with E-state index in [1.54, 1.807) is 12.2 Å². The number of rotatable bonds is 14. The topological polar surface area (TPSA) is 152 Å². The number of amides is 3. The lowest BCUT2D eigenvalue weighted by Crippen LogP contribution is -2.47. The second kappa shape index (κ2) is 21.5. The van der Waals surface area contributed by atoms with E-state index in [0.29, 0.717) is 25.4 Å². The minimum absolute atomic E-state index is 0.0520. The van der Waals surface area contributed by atoms with Gasteiger partial charge >= 0.3 is 12.1 Å². The van der Waals surface area contributed by atoms with Gasteiger partial charge in [-0.3, -0.25) is 9.59 Å². The van der Waals surface area contributed by atoms with Gasteiger partial charge in [0.2, 0.25) is 11.8 Å². The van der Waals surface area contributed by atoms with Gasteiger partial charge in [0, 0.05) is 6.42 Å². The van der Waals surface area contributed by atoms with Crippen molar-refractivity contribution in [2.75, 3.05) is 13.2 Å². The molecule has 1 aliphatic carbocycles. The lowest BCUT2D eigenvalue weighted by molar-refractivity contribution is -0.147. The quantitative estimate of drug-likeness (QED) is 0.117. The van der Waals surface area contributed by atoms with Gasteiger partial charge in [0.25, 0.3) is 0 Å². The Morgan fingerprint density at radius 3 is 2.19 bits per heavy atom. The highest BCUT2D eigenvalue weighted by atomic mass is 16.6. The zero-order chi connectivity index (χ0) is 38.0. The summed E-state index contributed by atoms with van der Waals surface area (Å²) in [4.78, 5) is 53.0. The molecule has 1 aliphatic heterocycles. The maximum absolute atomic E-state index is 13.7. The summed E-state index contributed by atoms with van der Waals surface area (Å²) >= 11 is 0. The van der Waals surface area contributed by atoms with Gasteiger partial charge in [0.05, 0.1) is 24.6 Å². The molecule has 4 unspecified atom stereocenters. The molecule has 288 valence electrons. The van der Waals surface area contributed by atoms with E-state index in [9.17, 15) is 24.3 Å². The van der Waals surface area contributed by atoms with Crippen molar-refractivity contribution in [1.82, 2.24) is 16.0 Å². The smallest absolute Gasteiger partial charge is 0.408 e. The Labute approximate surface area is 317 Å². The molecule has 0 spiro atoms. The van der Waals surface area contributed by atoms with Gasteiger partial charge in [-0.05, 0) is 60.4 Å². The first-order valence-electron chi connectivity index (χ1n) is 19.1. The van der Waals surface area contributed by atoms with E-state index in [1.807, 2.05) is 84.9 Å². The zero-order valence-electron chi connectivity index (χ0n) is 30.8. The van der Waals surface area contributed by atoms with Crippen LogP contribution in [0.25, 0.3) is 0 Å². The van der Waals surface area contributed by atoms with E-state index in [1.165, 1.54) is 6.42 Å². The standard InChI is InChI=1S/C43H53N3O8/c47-27-36(24-32-20-22-38(23-21-32)52-28-33-14-6-2-7-15-33)44-40(48)26-35-18-10-11-19-39(46-43(51)54-29-34-16-8-3-9-17-34)42(50)53-30-37(45-41(35)49)25-31-12-4-1-5-13-31/h2-3,6-11,14-17,20-23,31,35-37,39,47H,1,4-5,12-13,18-19,24-30H2,(H,44,48)(H,45,49)(H,46,51). The number of aliphatic hydroxyl groups excluding tert-OH is 1. The number of alkyl carbamates (subject to hydrolysis) is 1. The van der Waals surface area contributed by atoms with E-state index in [0.717, 1.165) is 48.1 Å². The van der Waals surface area contributed by atoms with Gasteiger partial charge < -0.3 is 35.3 Å². The number of benzene rings is 3. The molecular weight excluding hydrogens is 686 g/mol. The van der Waals surface area contributed by atoms with Crippen molar-refractivity contribution in [1.29, 1.82) is 0 Å². The second-order valence-corrected chi connectivity index (χ2v) is 14.2. The van der Waals surface area contributed by atoms with Gasteiger partial charge in [-0.25, -0.2) is 9.59 Å². The third kappa shape index (κ3) is 13.7. The minimum Gasteiger partial charge on any atom is -0.489 e. The van der Waals surface area contributed by atoms with Crippen molar-refractivity contribution in [3.8, 4) is 5.75 Å². The van der Waals surface area contributed by atoms with Crippen LogP contribution in [0, 0.1) is 11.8 Å². The lowest BCUT2D eigenvalue weighted by atomic mass is 9.84. The van der Waals surface area contributed by atoms with E-state index in [-0.39, 0.29) is 50.9 Å². The molecule has 0 aromatic heterocycles. The molecule has 3 aromatic carbocycles. The van der Waals surface area contributed by atoms with Crippen molar-refractivity contribution < 1.29 is 38.5 Å². The molecule has 4 N–H and O–H groups in total. The Morgan fingerprint density at radius 1 is 0.833 bits per heavy atom. The Bertz CT molecular complexity index is 1640. The summed E-state index contributed by atoms with van der Waals surface area (Å²) in [5.41, 5.74) is 2.80. The molecule has 1 heterocycles. The van der Waals surface area contributed by atoms with E-state index in [4.69, 9.17) is 14.2 Å². The number of carbonyl (C=O) groups is 4.